The lowest BCUT2D eigenvalue weighted by molar-refractivity contribution is 0.0789. The predicted molar refractivity (Wildman–Crippen MR) is 108 cm³/mol. The highest BCUT2D eigenvalue weighted by molar-refractivity contribution is 7.89. The largest absolute Gasteiger partial charge is 0.496 e. The zero-order chi connectivity index (χ0) is 20.3. The van der Waals surface area contributed by atoms with Crippen molar-refractivity contribution in [3.63, 3.8) is 0 Å². The second-order valence-corrected chi connectivity index (χ2v) is 8.83. The molecule has 1 fully saturated rings. The predicted octanol–water partition coefficient (Wildman–Crippen LogP) is 3.28. The fourth-order valence-electron chi connectivity index (χ4n) is 3.34. The number of ether oxygens (including phenoxy) is 1. The van der Waals surface area contributed by atoms with Crippen molar-refractivity contribution >= 4 is 15.9 Å². The van der Waals surface area contributed by atoms with Gasteiger partial charge in [0, 0.05) is 19.1 Å². The van der Waals surface area contributed by atoms with Gasteiger partial charge in [-0.25, -0.2) is 13.1 Å². The average molecular weight is 403 g/mol. The first-order valence-electron chi connectivity index (χ1n) is 9.38. The van der Waals surface area contributed by atoms with Crippen LogP contribution in [0, 0.1) is 6.92 Å². The van der Waals surface area contributed by atoms with Crippen LogP contribution in [0.5, 0.6) is 5.75 Å². The van der Waals surface area contributed by atoms with E-state index in [1.165, 1.54) is 25.3 Å². The molecule has 1 N–H and O–H groups in total. The van der Waals surface area contributed by atoms with E-state index in [9.17, 15) is 13.2 Å². The van der Waals surface area contributed by atoms with E-state index >= 15 is 0 Å². The SMILES string of the molecule is COc1ccc(S(=O)(=O)NC(C)c2ccc(C)cc2)cc1C(=O)N1CCCC1. The molecule has 0 spiro atoms. The third kappa shape index (κ3) is 4.36. The Bertz CT molecular complexity index is 949. The lowest BCUT2D eigenvalue weighted by atomic mass is 10.1. The summed E-state index contributed by atoms with van der Waals surface area (Å²) in [6.07, 6.45) is 1.92. The summed E-state index contributed by atoms with van der Waals surface area (Å²) in [6, 6.07) is 11.7. The number of hydrogen-bond donors (Lipinski definition) is 1. The molecule has 1 aliphatic heterocycles. The van der Waals surface area contributed by atoms with E-state index in [1.807, 2.05) is 31.2 Å². The van der Waals surface area contributed by atoms with Gasteiger partial charge in [-0.05, 0) is 50.5 Å². The maximum absolute atomic E-state index is 12.9. The summed E-state index contributed by atoms with van der Waals surface area (Å²) in [6.45, 7) is 5.14. The minimum atomic E-state index is -3.80. The number of sulfonamides is 1. The second-order valence-electron chi connectivity index (χ2n) is 7.12. The summed E-state index contributed by atoms with van der Waals surface area (Å²) in [5.74, 6) is 0.181. The van der Waals surface area contributed by atoms with Crippen molar-refractivity contribution in [2.24, 2.45) is 0 Å². The van der Waals surface area contributed by atoms with Gasteiger partial charge in [-0.1, -0.05) is 29.8 Å². The van der Waals surface area contributed by atoms with Crippen LogP contribution in [-0.4, -0.2) is 39.4 Å². The number of hydrogen-bond acceptors (Lipinski definition) is 4. The van der Waals surface area contributed by atoms with Gasteiger partial charge in [-0.3, -0.25) is 4.79 Å². The molecule has 1 atom stereocenters. The highest BCUT2D eigenvalue weighted by atomic mass is 32.2. The molecule has 0 aromatic heterocycles. The molecule has 0 bridgehead atoms. The number of carbonyl (C=O) groups is 1. The summed E-state index contributed by atoms with van der Waals surface area (Å²) in [5, 5.41) is 0. The Kier molecular flexibility index (Phi) is 6.05. The molecule has 1 aliphatic rings. The summed E-state index contributed by atoms with van der Waals surface area (Å²) in [7, 11) is -2.32. The van der Waals surface area contributed by atoms with Crippen LogP contribution >= 0.6 is 0 Å². The quantitative estimate of drug-likeness (QED) is 0.805. The van der Waals surface area contributed by atoms with E-state index in [1.54, 1.807) is 11.8 Å². The van der Waals surface area contributed by atoms with Gasteiger partial charge >= 0.3 is 0 Å². The molecule has 0 radical (unpaired) electrons. The summed E-state index contributed by atoms with van der Waals surface area (Å²) in [5.41, 5.74) is 2.25. The molecule has 1 amide bonds. The Morgan fingerprint density at radius 3 is 2.36 bits per heavy atom. The Labute approximate surface area is 166 Å². The minimum absolute atomic E-state index is 0.0507. The molecule has 0 aliphatic carbocycles. The number of carbonyl (C=O) groups excluding carboxylic acids is 1. The first-order chi connectivity index (χ1) is 13.3. The molecule has 1 heterocycles. The standard InChI is InChI=1S/C21H26N2O4S/c1-15-6-8-17(9-7-15)16(2)22-28(25,26)18-10-11-20(27-3)19(14-18)21(24)23-12-4-5-13-23/h6-11,14,16,22H,4-5,12-13H2,1-3H3. The van der Waals surface area contributed by atoms with E-state index in [0.29, 0.717) is 18.8 Å². The lowest BCUT2D eigenvalue weighted by Gasteiger charge is -2.19. The Balaban J connectivity index is 1.87. The second kappa shape index (κ2) is 8.32. The minimum Gasteiger partial charge on any atom is -0.496 e. The summed E-state index contributed by atoms with van der Waals surface area (Å²) >= 11 is 0. The molecular weight excluding hydrogens is 376 g/mol. The maximum Gasteiger partial charge on any atom is 0.257 e. The summed E-state index contributed by atoms with van der Waals surface area (Å²) in [4.78, 5) is 14.6. The third-order valence-corrected chi connectivity index (χ3v) is 6.55. The van der Waals surface area contributed by atoms with Gasteiger partial charge in [-0.15, -0.1) is 0 Å². The number of aryl methyl sites for hydroxylation is 1. The molecule has 28 heavy (non-hydrogen) atoms. The van der Waals surface area contributed by atoms with Crippen LogP contribution in [0.1, 0.15) is 47.3 Å². The first kappa shape index (κ1) is 20.4. The molecule has 1 saturated heterocycles. The molecule has 2 aromatic rings. The third-order valence-electron chi connectivity index (χ3n) is 5.01. The lowest BCUT2D eigenvalue weighted by Crippen LogP contribution is -2.29. The number of likely N-dealkylation sites (tertiary alicyclic amines) is 1. The van der Waals surface area contributed by atoms with Crippen molar-refractivity contribution in [2.45, 2.75) is 37.6 Å². The van der Waals surface area contributed by atoms with Crippen molar-refractivity contribution < 1.29 is 17.9 Å². The van der Waals surface area contributed by atoms with Crippen LogP contribution in [-0.2, 0) is 10.0 Å². The smallest absolute Gasteiger partial charge is 0.257 e. The fourth-order valence-corrected chi connectivity index (χ4v) is 4.59. The van der Waals surface area contributed by atoms with Gasteiger partial charge in [0.2, 0.25) is 10.0 Å². The van der Waals surface area contributed by atoms with Gasteiger partial charge in [-0.2, -0.15) is 0 Å². The van der Waals surface area contributed by atoms with Gasteiger partial charge in [0.1, 0.15) is 5.75 Å². The van der Waals surface area contributed by atoms with Crippen LogP contribution in [0.2, 0.25) is 0 Å². The molecule has 3 rings (SSSR count). The number of benzene rings is 2. The van der Waals surface area contributed by atoms with E-state index in [0.717, 1.165) is 24.0 Å². The number of nitrogens with one attached hydrogen (secondary N) is 1. The normalized spacial score (nSPS) is 15.5. The van der Waals surface area contributed by atoms with Crippen LogP contribution in [0.15, 0.2) is 47.4 Å². The number of rotatable bonds is 6. The Morgan fingerprint density at radius 2 is 1.75 bits per heavy atom. The van der Waals surface area contributed by atoms with Gasteiger partial charge < -0.3 is 9.64 Å². The molecule has 7 heteroatoms. The molecule has 150 valence electrons. The first-order valence-corrected chi connectivity index (χ1v) is 10.9. The van der Waals surface area contributed by atoms with Crippen LogP contribution in [0.25, 0.3) is 0 Å². The number of methoxy groups -OCH3 is 1. The van der Waals surface area contributed by atoms with Crippen molar-refractivity contribution in [2.75, 3.05) is 20.2 Å². The Morgan fingerprint density at radius 1 is 1.11 bits per heavy atom. The fraction of sp³-hybridized carbons (Fsp3) is 0.381. The van der Waals surface area contributed by atoms with Crippen molar-refractivity contribution in [1.29, 1.82) is 0 Å². The average Bonchev–Trinajstić information content (AvgIpc) is 3.21. The van der Waals surface area contributed by atoms with Crippen molar-refractivity contribution in [1.82, 2.24) is 9.62 Å². The van der Waals surface area contributed by atoms with Crippen molar-refractivity contribution in [3.8, 4) is 5.75 Å². The van der Waals surface area contributed by atoms with Crippen LogP contribution < -0.4 is 9.46 Å². The number of nitrogens with zero attached hydrogens (tertiary/aromatic N) is 1. The van der Waals surface area contributed by atoms with Gasteiger partial charge in [0.05, 0.1) is 17.6 Å². The molecule has 1 unspecified atom stereocenters. The van der Waals surface area contributed by atoms with E-state index < -0.39 is 16.1 Å². The highest BCUT2D eigenvalue weighted by Gasteiger charge is 2.26. The zero-order valence-electron chi connectivity index (χ0n) is 16.4. The topological polar surface area (TPSA) is 75.7 Å². The van der Waals surface area contributed by atoms with E-state index in [-0.39, 0.29) is 16.4 Å². The molecular formula is C21H26N2O4S. The van der Waals surface area contributed by atoms with Crippen LogP contribution in [0.3, 0.4) is 0 Å². The maximum atomic E-state index is 12.9. The van der Waals surface area contributed by atoms with Crippen LogP contribution in [0.4, 0.5) is 0 Å². The Hall–Kier alpha value is -2.38. The van der Waals surface area contributed by atoms with Gasteiger partial charge in [0.25, 0.3) is 5.91 Å². The van der Waals surface area contributed by atoms with Crippen molar-refractivity contribution in [3.05, 3.63) is 59.2 Å². The monoisotopic (exact) mass is 402 g/mol. The number of amides is 1. The molecule has 2 aromatic carbocycles. The molecule has 6 nitrogen and oxygen atoms in total. The highest BCUT2D eigenvalue weighted by Crippen LogP contribution is 2.26. The van der Waals surface area contributed by atoms with E-state index in [2.05, 4.69) is 4.72 Å². The molecule has 0 saturated carbocycles. The zero-order valence-corrected chi connectivity index (χ0v) is 17.3. The van der Waals surface area contributed by atoms with Gasteiger partial charge in [0.15, 0.2) is 0 Å². The summed E-state index contributed by atoms with van der Waals surface area (Å²) < 4.78 is 33.8. The van der Waals surface area contributed by atoms with E-state index in [4.69, 9.17) is 4.74 Å².